The van der Waals surface area contributed by atoms with Gasteiger partial charge in [0, 0.05) is 23.4 Å². The lowest BCUT2D eigenvalue weighted by Crippen LogP contribution is -2.12. The highest BCUT2D eigenvalue weighted by molar-refractivity contribution is 6.05. The molecule has 0 fully saturated rings. The minimum Gasteiger partial charge on any atom is -0.478 e. The highest BCUT2D eigenvalue weighted by Gasteiger charge is 2.11. The van der Waals surface area contributed by atoms with Crippen molar-refractivity contribution in [3.63, 3.8) is 0 Å². The number of nitro benzene ring substituents is 1. The first-order valence-corrected chi connectivity index (χ1v) is 8.60. The molecule has 3 rings (SSSR count). The van der Waals surface area contributed by atoms with Crippen molar-refractivity contribution in [1.29, 1.82) is 0 Å². The maximum Gasteiger partial charge on any atom is 0.335 e. The molecule has 0 atom stereocenters. The number of para-hydroxylation sites is 1. The maximum absolute atomic E-state index is 12.5. The van der Waals surface area contributed by atoms with E-state index in [1.165, 1.54) is 36.4 Å². The first kappa shape index (κ1) is 19.5. The molecule has 0 radical (unpaired) electrons. The number of carboxylic acid groups (broad SMARTS) is 1. The largest absolute Gasteiger partial charge is 0.478 e. The average molecular weight is 388 g/mol. The summed E-state index contributed by atoms with van der Waals surface area (Å²) in [6, 6.07) is 19.0. The molecular weight excluding hydrogens is 372 g/mol. The summed E-state index contributed by atoms with van der Waals surface area (Å²) in [4.78, 5) is 33.6. The molecule has 3 aromatic carbocycles. The number of hydrogen-bond donors (Lipinski definition) is 2. The Morgan fingerprint density at radius 1 is 0.862 bits per heavy atom. The maximum atomic E-state index is 12.5. The minimum absolute atomic E-state index is 0.0844. The normalized spacial score (nSPS) is 10.6. The van der Waals surface area contributed by atoms with Crippen LogP contribution in [-0.2, 0) is 0 Å². The van der Waals surface area contributed by atoms with Crippen LogP contribution in [0.25, 0.3) is 12.2 Å². The Hall–Kier alpha value is -4.26. The van der Waals surface area contributed by atoms with Gasteiger partial charge in [-0.2, -0.15) is 0 Å². The number of rotatable bonds is 6. The van der Waals surface area contributed by atoms with Gasteiger partial charge in [0.15, 0.2) is 0 Å². The van der Waals surface area contributed by atoms with E-state index in [1.54, 1.807) is 30.3 Å². The van der Waals surface area contributed by atoms with Crippen LogP contribution in [-0.4, -0.2) is 21.9 Å². The van der Waals surface area contributed by atoms with Gasteiger partial charge in [0.05, 0.1) is 10.5 Å². The fourth-order valence-corrected chi connectivity index (χ4v) is 2.61. The number of non-ortho nitro benzene ring substituents is 1. The number of nitrogens with one attached hydrogen (secondary N) is 1. The second-order valence-electron chi connectivity index (χ2n) is 6.11. The van der Waals surface area contributed by atoms with Crippen LogP contribution in [0.3, 0.4) is 0 Å². The van der Waals surface area contributed by atoms with Crippen molar-refractivity contribution in [1.82, 2.24) is 0 Å². The van der Waals surface area contributed by atoms with Gasteiger partial charge in [-0.05, 0) is 41.5 Å². The molecule has 0 aliphatic rings. The van der Waals surface area contributed by atoms with Crippen LogP contribution in [0.1, 0.15) is 31.8 Å². The Morgan fingerprint density at radius 3 is 2.10 bits per heavy atom. The van der Waals surface area contributed by atoms with Crippen molar-refractivity contribution < 1.29 is 19.6 Å². The van der Waals surface area contributed by atoms with E-state index in [9.17, 15) is 19.7 Å². The van der Waals surface area contributed by atoms with Crippen molar-refractivity contribution in [3.8, 4) is 0 Å². The lowest BCUT2D eigenvalue weighted by atomic mass is 10.1. The zero-order chi connectivity index (χ0) is 20.8. The topological polar surface area (TPSA) is 110 Å². The molecule has 0 saturated heterocycles. The Labute approximate surface area is 166 Å². The van der Waals surface area contributed by atoms with Crippen molar-refractivity contribution in [2.75, 3.05) is 5.32 Å². The third-order valence-electron chi connectivity index (χ3n) is 4.16. The number of carboxylic acids is 1. The van der Waals surface area contributed by atoms with Crippen LogP contribution >= 0.6 is 0 Å². The first-order valence-electron chi connectivity index (χ1n) is 8.60. The van der Waals surface area contributed by atoms with E-state index in [2.05, 4.69) is 5.32 Å². The lowest BCUT2D eigenvalue weighted by molar-refractivity contribution is -0.384. The van der Waals surface area contributed by atoms with Gasteiger partial charge in [-0.3, -0.25) is 14.9 Å². The molecule has 3 aromatic rings. The summed E-state index contributed by atoms with van der Waals surface area (Å²) in [6.45, 7) is 0. The SMILES string of the molecule is O=C(O)c1ccc(C=Cc2ccccc2NC(=O)c2ccc([N+](=O)[O-])cc2)cc1. The van der Waals surface area contributed by atoms with Crippen molar-refractivity contribution in [2.24, 2.45) is 0 Å². The highest BCUT2D eigenvalue weighted by Crippen LogP contribution is 2.20. The number of amides is 1. The fourth-order valence-electron chi connectivity index (χ4n) is 2.61. The summed E-state index contributed by atoms with van der Waals surface area (Å²) in [5, 5.41) is 22.5. The number of benzene rings is 3. The molecule has 0 unspecified atom stereocenters. The zero-order valence-corrected chi connectivity index (χ0v) is 15.1. The van der Waals surface area contributed by atoms with Gasteiger partial charge in [0.2, 0.25) is 0 Å². The number of carbonyl (C=O) groups is 2. The standard InChI is InChI=1S/C22H16N2O5/c25-21(17-11-13-19(14-12-17)24(28)29)23-20-4-2-1-3-16(20)8-5-15-6-9-18(10-7-15)22(26)27/h1-14H,(H,23,25)(H,26,27). The van der Waals surface area contributed by atoms with E-state index in [4.69, 9.17) is 5.11 Å². The fraction of sp³-hybridized carbons (Fsp3) is 0. The number of anilines is 1. The molecule has 0 spiro atoms. The van der Waals surface area contributed by atoms with Gasteiger partial charge in [-0.25, -0.2) is 4.79 Å². The van der Waals surface area contributed by atoms with Crippen molar-refractivity contribution in [3.05, 3.63) is 105 Å². The van der Waals surface area contributed by atoms with Crippen LogP contribution in [0, 0.1) is 10.1 Å². The van der Waals surface area contributed by atoms with E-state index >= 15 is 0 Å². The molecule has 0 aliphatic heterocycles. The summed E-state index contributed by atoms with van der Waals surface area (Å²) in [5.41, 5.74) is 2.57. The molecule has 7 nitrogen and oxygen atoms in total. The monoisotopic (exact) mass is 388 g/mol. The summed E-state index contributed by atoms with van der Waals surface area (Å²) < 4.78 is 0. The summed E-state index contributed by atoms with van der Waals surface area (Å²) >= 11 is 0. The molecule has 0 heterocycles. The quantitative estimate of drug-likeness (QED) is 0.361. The van der Waals surface area contributed by atoms with Gasteiger partial charge in [-0.15, -0.1) is 0 Å². The van der Waals surface area contributed by atoms with Crippen LogP contribution in [0.15, 0.2) is 72.8 Å². The van der Waals surface area contributed by atoms with Gasteiger partial charge in [0.1, 0.15) is 0 Å². The summed E-state index contributed by atoms with van der Waals surface area (Å²) in [7, 11) is 0. The number of nitro groups is 1. The van der Waals surface area contributed by atoms with E-state index in [1.807, 2.05) is 18.2 Å². The molecule has 0 saturated carbocycles. The number of hydrogen-bond acceptors (Lipinski definition) is 4. The van der Waals surface area contributed by atoms with E-state index < -0.39 is 10.9 Å². The first-order chi connectivity index (χ1) is 13.9. The van der Waals surface area contributed by atoms with Gasteiger partial charge in [-0.1, -0.05) is 42.5 Å². The van der Waals surface area contributed by atoms with Crippen molar-refractivity contribution >= 4 is 35.4 Å². The van der Waals surface area contributed by atoms with Crippen LogP contribution in [0.5, 0.6) is 0 Å². The smallest absolute Gasteiger partial charge is 0.335 e. The third-order valence-corrected chi connectivity index (χ3v) is 4.16. The Balaban J connectivity index is 1.77. The molecule has 7 heteroatoms. The highest BCUT2D eigenvalue weighted by atomic mass is 16.6. The van der Waals surface area contributed by atoms with Gasteiger partial charge in [0.25, 0.3) is 11.6 Å². The molecule has 0 aromatic heterocycles. The lowest BCUT2D eigenvalue weighted by Gasteiger charge is -2.08. The van der Waals surface area contributed by atoms with E-state index in [0.29, 0.717) is 11.3 Å². The summed E-state index contributed by atoms with van der Waals surface area (Å²) in [5.74, 6) is -1.37. The predicted octanol–water partition coefficient (Wildman–Crippen LogP) is 4.72. The second kappa shape index (κ2) is 8.62. The van der Waals surface area contributed by atoms with E-state index in [-0.39, 0.29) is 17.2 Å². The van der Waals surface area contributed by atoms with Crippen molar-refractivity contribution in [2.45, 2.75) is 0 Å². The number of aromatic carboxylic acids is 1. The molecule has 144 valence electrons. The molecule has 0 bridgehead atoms. The average Bonchev–Trinajstić information content (AvgIpc) is 2.73. The van der Waals surface area contributed by atoms with Crippen LogP contribution < -0.4 is 5.32 Å². The Bertz CT molecular complexity index is 1090. The summed E-state index contributed by atoms with van der Waals surface area (Å²) in [6.07, 6.45) is 3.61. The second-order valence-corrected chi connectivity index (χ2v) is 6.11. The number of carbonyl (C=O) groups excluding carboxylic acids is 1. The Kier molecular flexibility index (Phi) is 5.80. The van der Waals surface area contributed by atoms with Gasteiger partial charge >= 0.3 is 5.97 Å². The van der Waals surface area contributed by atoms with E-state index in [0.717, 1.165) is 11.1 Å². The van der Waals surface area contributed by atoms with Crippen LogP contribution in [0.2, 0.25) is 0 Å². The predicted molar refractivity (Wildman–Crippen MR) is 110 cm³/mol. The molecule has 2 N–H and O–H groups in total. The third kappa shape index (κ3) is 4.92. The molecular formula is C22H16N2O5. The Morgan fingerprint density at radius 2 is 1.48 bits per heavy atom. The molecule has 0 aliphatic carbocycles. The molecule has 29 heavy (non-hydrogen) atoms. The van der Waals surface area contributed by atoms with Gasteiger partial charge < -0.3 is 10.4 Å². The number of nitrogens with zero attached hydrogens (tertiary/aromatic N) is 1. The van der Waals surface area contributed by atoms with Crippen LogP contribution in [0.4, 0.5) is 11.4 Å². The minimum atomic E-state index is -0.986. The zero-order valence-electron chi connectivity index (χ0n) is 15.1. The molecule has 1 amide bonds.